The summed E-state index contributed by atoms with van der Waals surface area (Å²) >= 11 is 0. The maximum absolute atomic E-state index is 12.4. The molecule has 8 heteroatoms. The Morgan fingerprint density at radius 1 is 1.07 bits per heavy atom. The second-order valence-electron chi connectivity index (χ2n) is 6.86. The van der Waals surface area contributed by atoms with Gasteiger partial charge in [0.2, 0.25) is 0 Å². The van der Waals surface area contributed by atoms with Crippen molar-refractivity contribution in [3.05, 3.63) is 59.7 Å². The van der Waals surface area contributed by atoms with E-state index in [0.29, 0.717) is 43.3 Å². The predicted molar refractivity (Wildman–Crippen MR) is 105 cm³/mol. The van der Waals surface area contributed by atoms with Crippen LogP contribution in [0.25, 0.3) is 0 Å². The number of amidine groups is 1. The normalized spacial score (nSPS) is 17.8. The van der Waals surface area contributed by atoms with E-state index in [2.05, 4.69) is 4.40 Å². The molecule has 0 spiro atoms. The number of benzene rings is 2. The van der Waals surface area contributed by atoms with Crippen LogP contribution in [0.4, 0.5) is 0 Å². The molecule has 7 nitrogen and oxygen atoms in total. The maximum Gasteiger partial charge on any atom is 0.285 e. The van der Waals surface area contributed by atoms with Gasteiger partial charge in [0, 0.05) is 31.7 Å². The molecule has 2 aliphatic heterocycles. The van der Waals surface area contributed by atoms with E-state index in [0.717, 1.165) is 5.56 Å². The number of hydrogen-bond donors (Lipinski definition) is 0. The number of piperazine rings is 1. The molecule has 0 aromatic heterocycles. The fourth-order valence-corrected chi connectivity index (χ4v) is 4.65. The third-order valence-electron chi connectivity index (χ3n) is 4.90. The lowest BCUT2D eigenvalue weighted by Gasteiger charge is -2.35. The van der Waals surface area contributed by atoms with E-state index in [1.54, 1.807) is 29.2 Å². The van der Waals surface area contributed by atoms with Gasteiger partial charge >= 0.3 is 0 Å². The van der Waals surface area contributed by atoms with Crippen molar-refractivity contribution >= 4 is 21.8 Å². The van der Waals surface area contributed by atoms with E-state index in [9.17, 15) is 13.2 Å². The van der Waals surface area contributed by atoms with Crippen LogP contribution < -0.4 is 4.74 Å². The summed E-state index contributed by atoms with van der Waals surface area (Å²) < 4.78 is 34.0. The van der Waals surface area contributed by atoms with Gasteiger partial charge in [-0.25, -0.2) is 0 Å². The molecule has 0 bridgehead atoms. The number of nitrogens with zero attached hydrogens (tertiary/aromatic N) is 3. The third kappa shape index (κ3) is 3.60. The topological polar surface area (TPSA) is 79.3 Å². The summed E-state index contributed by atoms with van der Waals surface area (Å²) in [5, 5.41) is 0. The van der Waals surface area contributed by atoms with Gasteiger partial charge in [0.25, 0.3) is 15.9 Å². The van der Waals surface area contributed by atoms with Gasteiger partial charge in [-0.1, -0.05) is 24.3 Å². The second kappa shape index (κ2) is 7.27. The fourth-order valence-electron chi connectivity index (χ4n) is 3.43. The molecule has 1 fully saturated rings. The predicted octanol–water partition coefficient (Wildman–Crippen LogP) is 1.67. The average Bonchev–Trinajstić information content (AvgIpc) is 2.98. The number of amides is 1. The number of aryl methyl sites for hydroxylation is 1. The molecule has 2 heterocycles. The molecule has 0 unspecified atom stereocenters. The second-order valence-corrected chi connectivity index (χ2v) is 8.43. The van der Waals surface area contributed by atoms with E-state index in [4.69, 9.17) is 4.74 Å². The number of sulfonamides is 1. The van der Waals surface area contributed by atoms with Crippen molar-refractivity contribution in [1.29, 1.82) is 0 Å². The summed E-state index contributed by atoms with van der Waals surface area (Å²) in [7, 11) is -3.63. The zero-order valence-electron chi connectivity index (χ0n) is 15.5. The Balaban J connectivity index is 1.37. The highest BCUT2D eigenvalue weighted by atomic mass is 32.2. The summed E-state index contributed by atoms with van der Waals surface area (Å²) in [5.74, 6) is 1.07. The standard InChI is InChI=1S/C20H21N3O4S/c1-15-5-4-6-16(13-15)27-14-19(24)22-9-11-23(12-10-22)20-17-7-2-3-8-18(17)28(25,26)21-20/h2-8,13H,9-12,14H2,1H3. The van der Waals surface area contributed by atoms with Gasteiger partial charge in [0.1, 0.15) is 10.6 Å². The van der Waals surface area contributed by atoms with E-state index in [1.807, 2.05) is 36.1 Å². The van der Waals surface area contributed by atoms with Gasteiger partial charge in [-0.3, -0.25) is 4.79 Å². The van der Waals surface area contributed by atoms with Crippen molar-refractivity contribution in [2.75, 3.05) is 32.8 Å². The zero-order valence-corrected chi connectivity index (χ0v) is 16.4. The van der Waals surface area contributed by atoms with Crippen LogP contribution in [0.5, 0.6) is 5.75 Å². The van der Waals surface area contributed by atoms with Crippen molar-refractivity contribution < 1.29 is 17.9 Å². The van der Waals surface area contributed by atoms with Crippen LogP contribution in [-0.2, 0) is 14.8 Å². The first-order valence-electron chi connectivity index (χ1n) is 9.10. The molecule has 0 N–H and O–H groups in total. The fraction of sp³-hybridized carbons (Fsp3) is 0.300. The number of fused-ring (bicyclic) bond motifs is 1. The van der Waals surface area contributed by atoms with Gasteiger partial charge in [0.15, 0.2) is 12.4 Å². The van der Waals surface area contributed by atoms with Crippen LogP contribution in [0.2, 0.25) is 0 Å². The number of carbonyl (C=O) groups is 1. The van der Waals surface area contributed by atoms with Crippen molar-refractivity contribution in [2.45, 2.75) is 11.8 Å². The monoisotopic (exact) mass is 399 g/mol. The highest BCUT2D eigenvalue weighted by Gasteiger charge is 2.33. The molecular formula is C20H21N3O4S. The van der Waals surface area contributed by atoms with Crippen LogP contribution in [0.15, 0.2) is 57.8 Å². The number of hydrogen-bond acceptors (Lipinski definition) is 5. The minimum Gasteiger partial charge on any atom is -0.484 e. The lowest BCUT2D eigenvalue weighted by molar-refractivity contribution is -0.134. The molecule has 1 saturated heterocycles. The molecule has 4 rings (SSSR count). The Morgan fingerprint density at radius 2 is 1.82 bits per heavy atom. The molecule has 2 aromatic carbocycles. The molecule has 2 aromatic rings. The van der Waals surface area contributed by atoms with Crippen molar-refractivity contribution in [3.63, 3.8) is 0 Å². The van der Waals surface area contributed by atoms with E-state index >= 15 is 0 Å². The molecule has 146 valence electrons. The van der Waals surface area contributed by atoms with Crippen LogP contribution in [0.1, 0.15) is 11.1 Å². The largest absolute Gasteiger partial charge is 0.484 e. The quantitative estimate of drug-likeness (QED) is 0.784. The zero-order chi connectivity index (χ0) is 19.7. The van der Waals surface area contributed by atoms with Crippen LogP contribution in [0.3, 0.4) is 0 Å². The molecule has 1 amide bonds. The van der Waals surface area contributed by atoms with E-state index in [-0.39, 0.29) is 17.4 Å². The minimum absolute atomic E-state index is 0.0123. The molecule has 0 aliphatic carbocycles. The molecule has 0 radical (unpaired) electrons. The number of carbonyl (C=O) groups excluding carboxylic acids is 1. The van der Waals surface area contributed by atoms with Crippen molar-refractivity contribution in [2.24, 2.45) is 4.40 Å². The van der Waals surface area contributed by atoms with E-state index < -0.39 is 10.0 Å². The van der Waals surface area contributed by atoms with Gasteiger partial charge in [0.05, 0.1) is 0 Å². The highest BCUT2D eigenvalue weighted by Crippen LogP contribution is 2.27. The van der Waals surface area contributed by atoms with Crippen LogP contribution >= 0.6 is 0 Å². The summed E-state index contributed by atoms with van der Waals surface area (Å²) in [6.45, 7) is 4.01. The van der Waals surface area contributed by atoms with Gasteiger partial charge in [-0.2, -0.15) is 8.42 Å². The van der Waals surface area contributed by atoms with Crippen LogP contribution in [-0.4, -0.2) is 62.7 Å². The van der Waals surface area contributed by atoms with E-state index in [1.165, 1.54) is 0 Å². The minimum atomic E-state index is -3.63. The Labute approximate surface area is 164 Å². The molecule has 0 atom stereocenters. The lowest BCUT2D eigenvalue weighted by Crippen LogP contribution is -2.51. The molecular weight excluding hydrogens is 378 g/mol. The molecule has 2 aliphatic rings. The van der Waals surface area contributed by atoms with Gasteiger partial charge in [-0.15, -0.1) is 4.40 Å². The first kappa shape index (κ1) is 18.5. The average molecular weight is 399 g/mol. The summed E-state index contributed by atoms with van der Waals surface area (Å²) in [6, 6.07) is 14.4. The Kier molecular flexibility index (Phi) is 4.80. The summed E-state index contributed by atoms with van der Waals surface area (Å²) in [4.78, 5) is 16.4. The van der Waals surface area contributed by atoms with Gasteiger partial charge < -0.3 is 14.5 Å². The number of ether oxygens (including phenoxy) is 1. The molecule has 0 saturated carbocycles. The van der Waals surface area contributed by atoms with Gasteiger partial charge in [-0.05, 0) is 36.8 Å². The molecule has 28 heavy (non-hydrogen) atoms. The van der Waals surface area contributed by atoms with Crippen LogP contribution in [0, 0.1) is 6.92 Å². The van der Waals surface area contributed by atoms with Crippen molar-refractivity contribution in [1.82, 2.24) is 9.80 Å². The SMILES string of the molecule is Cc1cccc(OCC(=O)N2CCN(C3=NS(=O)(=O)c4ccccc43)CC2)c1. The maximum atomic E-state index is 12.4. The third-order valence-corrected chi connectivity index (χ3v) is 6.22. The Hall–Kier alpha value is -2.87. The summed E-state index contributed by atoms with van der Waals surface area (Å²) in [5.41, 5.74) is 1.70. The Bertz CT molecular complexity index is 1040. The highest BCUT2D eigenvalue weighted by molar-refractivity contribution is 7.90. The first-order valence-corrected chi connectivity index (χ1v) is 10.5. The van der Waals surface area contributed by atoms with Crippen molar-refractivity contribution in [3.8, 4) is 5.75 Å². The number of rotatable bonds is 3. The summed E-state index contributed by atoms with van der Waals surface area (Å²) in [6.07, 6.45) is 0. The smallest absolute Gasteiger partial charge is 0.285 e. The lowest BCUT2D eigenvalue weighted by atomic mass is 10.1. The first-order chi connectivity index (χ1) is 13.4. The Morgan fingerprint density at radius 3 is 2.57 bits per heavy atom.